The average molecular weight is 487 g/mol. The Balaban J connectivity index is 2.20. The number of carbonyl (C=O) groups is 4. The third kappa shape index (κ3) is 7.45. The first kappa shape index (κ1) is 27.7. The zero-order valence-electron chi connectivity index (χ0n) is 20.5. The fourth-order valence-electron chi connectivity index (χ4n) is 4.15. The maximum atomic E-state index is 13.5. The topological polar surface area (TPSA) is 148 Å². The van der Waals surface area contributed by atoms with Crippen LogP contribution in [-0.2, 0) is 14.4 Å². The van der Waals surface area contributed by atoms with Gasteiger partial charge in [0.05, 0.1) is 12.1 Å². The van der Waals surface area contributed by atoms with Crippen LogP contribution in [0.2, 0.25) is 0 Å². The number of amides is 4. The fourth-order valence-corrected chi connectivity index (χ4v) is 4.15. The van der Waals surface area contributed by atoms with Crippen LogP contribution in [0, 0.1) is 17.8 Å². The second-order valence-electron chi connectivity index (χ2n) is 9.50. The number of aliphatic hydroxyl groups excluding tert-OH is 1. The van der Waals surface area contributed by atoms with Gasteiger partial charge in [0.1, 0.15) is 12.1 Å². The first-order chi connectivity index (χ1) is 16.4. The third-order valence-corrected chi connectivity index (χ3v) is 6.24. The molecule has 0 radical (unpaired) electrons. The van der Waals surface area contributed by atoms with E-state index in [1.54, 1.807) is 45.0 Å². The quantitative estimate of drug-likeness (QED) is 0.329. The number of carboxylic acid groups (broad SMARTS) is 1. The van der Waals surface area contributed by atoms with Crippen LogP contribution in [-0.4, -0.2) is 70.2 Å². The van der Waals surface area contributed by atoms with Crippen molar-refractivity contribution >= 4 is 23.8 Å². The van der Waals surface area contributed by atoms with E-state index in [-0.39, 0.29) is 31.5 Å². The molecule has 190 valence electrons. The Morgan fingerprint density at radius 1 is 1.20 bits per heavy atom. The maximum Gasteiger partial charge on any atom is 0.405 e. The van der Waals surface area contributed by atoms with E-state index in [1.807, 2.05) is 0 Å². The lowest BCUT2D eigenvalue weighted by molar-refractivity contribution is -0.142. The van der Waals surface area contributed by atoms with Crippen molar-refractivity contribution in [3.63, 3.8) is 0 Å². The van der Waals surface area contributed by atoms with Crippen molar-refractivity contribution in [2.45, 2.75) is 64.8 Å². The van der Waals surface area contributed by atoms with Crippen LogP contribution in [0.1, 0.15) is 57.7 Å². The lowest BCUT2D eigenvalue weighted by Gasteiger charge is -2.37. The number of β-amino-alcohol motifs (C(OH)–C–C–N with tert-alkyl or cyclic N) is 1. The van der Waals surface area contributed by atoms with Gasteiger partial charge in [-0.05, 0) is 36.5 Å². The number of aliphatic hydroxyl groups is 1. The average Bonchev–Trinajstić information content (AvgIpc) is 3.18. The number of hydrogen-bond acceptors (Lipinski definition) is 5. The highest BCUT2D eigenvalue weighted by molar-refractivity contribution is 5.92. The largest absolute Gasteiger partial charge is 0.465 e. The zero-order valence-corrected chi connectivity index (χ0v) is 20.5. The van der Waals surface area contributed by atoms with Gasteiger partial charge in [-0.3, -0.25) is 14.4 Å². The van der Waals surface area contributed by atoms with Crippen LogP contribution in [0.5, 0.6) is 0 Å². The summed E-state index contributed by atoms with van der Waals surface area (Å²) in [5.74, 6) is 1.23. The van der Waals surface area contributed by atoms with Gasteiger partial charge in [0.15, 0.2) is 0 Å². The molecule has 2 rings (SSSR count). The summed E-state index contributed by atoms with van der Waals surface area (Å²) in [5, 5.41) is 27.4. The van der Waals surface area contributed by atoms with Crippen LogP contribution in [0.3, 0.4) is 0 Å². The number of carbonyl (C=O) groups excluding carboxylic acids is 3. The molecule has 4 amide bonds. The number of benzene rings is 1. The van der Waals surface area contributed by atoms with Gasteiger partial charge in [0.2, 0.25) is 17.7 Å². The Morgan fingerprint density at radius 2 is 1.83 bits per heavy atom. The van der Waals surface area contributed by atoms with E-state index in [2.05, 4.69) is 21.9 Å². The van der Waals surface area contributed by atoms with E-state index in [1.165, 1.54) is 11.8 Å². The molecule has 0 saturated carbocycles. The third-order valence-electron chi connectivity index (χ3n) is 6.24. The molecule has 10 nitrogen and oxygen atoms in total. The summed E-state index contributed by atoms with van der Waals surface area (Å²) in [6.07, 6.45) is 3.41. The van der Waals surface area contributed by atoms with Crippen molar-refractivity contribution in [3.8, 4) is 12.3 Å². The summed E-state index contributed by atoms with van der Waals surface area (Å²) in [6, 6.07) is 4.59. The first-order valence-electron chi connectivity index (χ1n) is 11.4. The molecule has 35 heavy (non-hydrogen) atoms. The summed E-state index contributed by atoms with van der Waals surface area (Å²) in [7, 11) is 0. The number of terminal acetylenes is 1. The van der Waals surface area contributed by atoms with Crippen molar-refractivity contribution in [1.29, 1.82) is 0 Å². The van der Waals surface area contributed by atoms with Crippen molar-refractivity contribution in [1.82, 2.24) is 20.9 Å². The summed E-state index contributed by atoms with van der Waals surface area (Å²) in [6.45, 7) is 6.72. The van der Waals surface area contributed by atoms with Gasteiger partial charge in [-0.1, -0.05) is 31.9 Å². The van der Waals surface area contributed by atoms with Crippen LogP contribution in [0.4, 0.5) is 4.79 Å². The molecule has 0 unspecified atom stereocenters. The predicted molar refractivity (Wildman–Crippen MR) is 129 cm³/mol. The van der Waals surface area contributed by atoms with E-state index in [9.17, 15) is 29.4 Å². The Kier molecular flexibility index (Phi) is 9.25. The first-order valence-corrected chi connectivity index (χ1v) is 11.4. The van der Waals surface area contributed by atoms with Crippen molar-refractivity contribution < 1.29 is 29.4 Å². The van der Waals surface area contributed by atoms with E-state index in [4.69, 9.17) is 6.42 Å². The second kappa shape index (κ2) is 11.7. The fraction of sp³-hybridized carbons (Fsp3) is 0.520. The Morgan fingerprint density at radius 3 is 2.37 bits per heavy atom. The monoisotopic (exact) mass is 486 g/mol. The lowest BCUT2D eigenvalue weighted by atomic mass is 9.80. The minimum atomic E-state index is -1.39. The number of nitrogens with zero attached hydrogens (tertiary/aromatic N) is 1. The van der Waals surface area contributed by atoms with Gasteiger partial charge in [-0.2, -0.15) is 0 Å². The molecule has 0 spiro atoms. The summed E-state index contributed by atoms with van der Waals surface area (Å²) < 4.78 is 0. The molecule has 0 aliphatic carbocycles. The molecule has 4 atom stereocenters. The molecular formula is C25H34N4O6. The van der Waals surface area contributed by atoms with E-state index in [0.717, 1.165) is 5.56 Å². The van der Waals surface area contributed by atoms with Crippen molar-refractivity contribution in [3.05, 3.63) is 35.4 Å². The Hall–Kier alpha value is -3.58. The smallest absolute Gasteiger partial charge is 0.405 e. The van der Waals surface area contributed by atoms with Crippen molar-refractivity contribution in [2.24, 2.45) is 5.41 Å². The molecule has 1 fully saturated rings. The molecule has 0 bridgehead atoms. The minimum Gasteiger partial charge on any atom is -0.465 e. The van der Waals surface area contributed by atoms with Gasteiger partial charge in [-0.25, -0.2) is 4.79 Å². The van der Waals surface area contributed by atoms with Gasteiger partial charge in [-0.15, -0.1) is 6.42 Å². The predicted octanol–water partition coefficient (Wildman–Crippen LogP) is 0.996. The highest BCUT2D eigenvalue weighted by atomic mass is 16.4. The second-order valence-corrected chi connectivity index (χ2v) is 9.50. The Bertz CT molecular complexity index is 985. The van der Waals surface area contributed by atoms with E-state index < -0.39 is 41.5 Å². The van der Waals surface area contributed by atoms with Gasteiger partial charge < -0.3 is 31.1 Å². The Labute approximate surface area is 205 Å². The van der Waals surface area contributed by atoms with E-state index >= 15 is 0 Å². The normalized spacial score (nSPS) is 19.3. The molecule has 0 aromatic heterocycles. The molecule has 1 aromatic rings. The zero-order chi connectivity index (χ0) is 26.3. The number of rotatable bonds is 9. The molecule has 1 aliphatic heterocycles. The number of nitrogens with one attached hydrogen (secondary N) is 3. The molecule has 1 aromatic carbocycles. The van der Waals surface area contributed by atoms with Crippen molar-refractivity contribution in [2.75, 3.05) is 13.1 Å². The van der Waals surface area contributed by atoms with E-state index in [0.29, 0.717) is 12.0 Å². The maximum absolute atomic E-state index is 13.5. The van der Waals surface area contributed by atoms with Gasteiger partial charge in [0, 0.05) is 32.0 Å². The van der Waals surface area contributed by atoms with Crippen LogP contribution in [0.25, 0.3) is 0 Å². The standard InChI is InChI=1S/C25H34N4O6/c1-6-17-7-9-18(10-8-17)15(2)27-22(32)20-13-19(31)14-29(20)23(33)21(28-24(34)35)25(4,5)11-12-26-16(3)30/h1,7-10,15,19-21,28,31H,11-14H2,2-5H3,(H,26,30)(H,27,32)(H,34,35)/t15-,19+,20-,21-/m0/s1. The highest BCUT2D eigenvalue weighted by Crippen LogP contribution is 2.29. The summed E-state index contributed by atoms with van der Waals surface area (Å²) in [5.41, 5.74) is 0.637. The van der Waals surface area contributed by atoms with Crippen LogP contribution in [0.15, 0.2) is 24.3 Å². The lowest BCUT2D eigenvalue weighted by Crippen LogP contribution is -2.58. The van der Waals surface area contributed by atoms with Gasteiger partial charge >= 0.3 is 6.09 Å². The number of hydrogen-bond donors (Lipinski definition) is 5. The number of likely N-dealkylation sites (tertiary alicyclic amines) is 1. The SMILES string of the molecule is C#Cc1ccc([C@H](C)NC(=O)[C@@H]2C[C@@H](O)CN2C(=O)[C@H](NC(=O)O)C(C)(C)CCNC(C)=O)cc1. The van der Waals surface area contributed by atoms with Gasteiger partial charge in [0.25, 0.3) is 0 Å². The molecule has 5 N–H and O–H groups in total. The molecule has 10 heteroatoms. The minimum absolute atomic E-state index is 0.0342. The highest BCUT2D eigenvalue weighted by Gasteiger charge is 2.45. The molecule has 1 heterocycles. The molecular weight excluding hydrogens is 452 g/mol. The summed E-state index contributed by atoms with van der Waals surface area (Å²) in [4.78, 5) is 50.6. The summed E-state index contributed by atoms with van der Waals surface area (Å²) >= 11 is 0. The molecule has 1 aliphatic rings. The molecule has 1 saturated heterocycles. The van der Waals surface area contributed by atoms with Crippen LogP contribution >= 0.6 is 0 Å². The van der Waals surface area contributed by atoms with Crippen LogP contribution < -0.4 is 16.0 Å².